The van der Waals surface area contributed by atoms with Gasteiger partial charge in [-0.1, -0.05) is 43.1 Å². The highest BCUT2D eigenvalue weighted by atomic mass is 32.2. The second kappa shape index (κ2) is 12.5. The van der Waals surface area contributed by atoms with Crippen LogP contribution in [-0.4, -0.2) is 23.6 Å². The summed E-state index contributed by atoms with van der Waals surface area (Å²) in [5, 5.41) is 32.8. The molecule has 35 heavy (non-hydrogen) atoms. The second-order valence-electron chi connectivity index (χ2n) is 9.00. The van der Waals surface area contributed by atoms with Gasteiger partial charge in [-0.3, -0.25) is 10.1 Å². The van der Waals surface area contributed by atoms with E-state index in [1.165, 1.54) is 23.8 Å². The molecule has 2 aromatic carbocycles. The molecule has 2 rings (SSSR count). The van der Waals surface area contributed by atoms with Gasteiger partial charge in [-0.2, -0.15) is 0 Å². The Morgan fingerprint density at radius 2 is 1.71 bits per heavy atom. The summed E-state index contributed by atoms with van der Waals surface area (Å²) < 4.78 is 27.1. The normalized spacial score (nSPS) is 11.9. The average molecular weight is 502 g/mol. The molecule has 0 saturated carbocycles. The van der Waals surface area contributed by atoms with Crippen molar-refractivity contribution in [2.24, 2.45) is 0 Å². The number of aryl methyl sites for hydroxylation is 1. The summed E-state index contributed by atoms with van der Waals surface area (Å²) in [5.41, 5.74) is 2.54. The standard InChI is InChI=1S/C27H35NO6S/c1-5-6-7-11-21-18-25(29)24(17-12-20(4)10-8-9-19(2)3)26(30)27(21)35(33,34)23-15-13-22(14-16-23)28(31)32/h9,12-16,18,29-30H,5-8,10-11,17H2,1-4H3/b20-12+. The first-order valence-electron chi connectivity index (χ1n) is 11.8. The van der Waals surface area contributed by atoms with E-state index < -0.39 is 20.5 Å². The fraction of sp³-hybridized carbons (Fsp3) is 0.407. The third-order valence-corrected chi connectivity index (χ3v) is 7.72. The van der Waals surface area contributed by atoms with Crippen LogP contribution in [0.1, 0.15) is 70.9 Å². The van der Waals surface area contributed by atoms with Crippen molar-refractivity contribution in [3.63, 3.8) is 0 Å². The monoisotopic (exact) mass is 501 g/mol. The van der Waals surface area contributed by atoms with Crippen molar-refractivity contribution in [3.8, 4) is 11.5 Å². The number of nitrogens with zero attached hydrogens (tertiary/aromatic N) is 1. The Balaban J connectivity index is 2.54. The van der Waals surface area contributed by atoms with Crippen LogP contribution >= 0.6 is 0 Å². The first-order valence-corrected chi connectivity index (χ1v) is 13.3. The van der Waals surface area contributed by atoms with E-state index in [-0.39, 0.29) is 33.2 Å². The predicted molar refractivity (Wildman–Crippen MR) is 138 cm³/mol. The number of allylic oxidation sites excluding steroid dienone is 4. The number of benzene rings is 2. The number of hydrogen-bond donors (Lipinski definition) is 2. The minimum absolute atomic E-state index is 0.145. The molecule has 8 heteroatoms. The lowest BCUT2D eigenvalue weighted by molar-refractivity contribution is -0.384. The zero-order valence-electron chi connectivity index (χ0n) is 20.9. The topological polar surface area (TPSA) is 118 Å². The van der Waals surface area contributed by atoms with Gasteiger partial charge in [0.2, 0.25) is 9.84 Å². The molecular formula is C27H35NO6S. The molecule has 190 valence electrons. The highest BCUT2D eigenvalue weighted by molar-refractivity contribution is 7.91. The fourth-order valence-corrected chi connectivity index (χ4v) is 5.43. The Hall–Kier alpha value is -3.13. The summed E-state index contributed by atoms with van der Waals surface area (Å²) in [4.78, 5) is 9.98. The van der Waals surface area contributed by atoms with Crippen LogP contribution in [0.5, 0.6) is 11.5 Å². The first kappa shape index (κ1) is 28.1. The molecule has 2 N–H and O–H groups in total. The third-order valence-electron chi connectivity index (χ3n) is 5.83. The summed E-state index contributed by atoms with van der Waals surface area (Å²) in [5.74, 6) is -0.617. The van der Waals surface area contributed by atoms with Crippen molar-refractivity contribution in [1.82, 2.24) is 0 Å². The number of non-ortho nitro benzene ring substituents is 1. The molecule has 0 saturated heterocycles. The SMILES string of the molecule is CCCCCc1cc(O)c(C/C=C(\C)CCC=C(C)C)c(O)c1S(=O)(=O)c1ccc([N+](=O)[O-])cc1. The van der Waals surface area contributed by atoms with Crippen LogP contribution in [0, 0.1) is 10.1 Å². The van der Waals surface area contributed by atoms with E-state index >= 15 is 0 Å². The Morgan fingerprint density at radius 1 is 1.06 bits per heavy atom. The van der Waals surface area contributed by atoms with Crippen LogP contribution in [0.15, 0.2) is 63.4 Å². The van der Waals surface area contributed by atoms with Crippen LogP contribution in [0.2, 0.25) is 0 Å². The van der Waals surface area contributed by atoms with E-state index in [1.807, 2.05) is 33.8 Å². The number of sulfone groups is 1. The van der Waals surface area contributed by atoms with Crippen molar-refractivity contribution in [2.45, 2.75) is 82.4 Å². The van der Waals surface area contributed by atoms with E-state index in [9.17, 15) is 28.7 Å². The average Bonchev–Trinajstić information content (AvgIpc) is 2.78. The molecular weight excluding hydrogens is 466 g/mol. The summed E-state index contributed by atoms with van der Waals surface area (Å²) >= 11 is 0. The van der Waals surface area contributed by atoms with Gasteiger partial charge >= 0.3 is 0 Å². The van der Waals surface area contributed by atoms with E-state index in [0.717, 1.165) is 43.4 Å². The molecule has 7 nitrogen and oxygen atoms in total. The maximum atomic E-state index is 13.6. The highest BCUT2D eigenvalue weighted by Crippen LogP contribution is 2.41. The summed E-state index contributed by atoms with van der Waals surface area (Å²) in [7, 11) is -4.19. The van der Waals surface area contributed by atoms with Gasteiger partial charge in [-0.25, -0.2) is 8.42 Å². The summed E-state index contributed by atoms with van der Waals surface area (Å²) in [6, 6.07) is 6.02. The molecule has 2 aromatic rings. The first-order chi connectivity index (χ1) is 16.5. The fourth-order valence-electron chi connectivity index (χ4n) is 3.81. The lowest BCUT2D eigenvalue weighted by atomic mass is 10.00. The van der Waals surface area contributed by atoms with Gasteiger partial charge in [0.1, 0.15) is 16.4 Å². The van der Waals surface area contributed by atoms with Gasteiger partial charge in [-0.05, 0) is 76.6 Å². The number of nitro groups is 1. The predicted octanol–water partition coefficient (Wildman–Crippen LogP) is 6.81. The highest BCUT2D eigenvalue weighted by Gasteiger charge is 2.29. The van der Waals surface area contributed by atoms with Gasteiger partial charge in [0.05, 0.1) is 9.82 Å². The molecule has 0 aliphatic carbocycles. The molecule has 0 fully saturated rings. The van der Waals surface area contributed by atoms with Crippen LogP contribution < -0.4 is 0 Å². The Bertz CT molecular complexity index is 1210. The molecule has 0 bridgehead atoms. The number of rotatable bonds is 12. The number of unbranched alkanes of at least 4 members (excludes halogenated alkanes) is 2. The van der Waals surface area contributed by atoms with Crippen LogP contribution in [0.25, 0.3) is 0 Å². The number of hydrogen-bond acceptors (Lipinski definition) is 6. The lowest BCUT2D eigenvalue weighted by Crippen LogP contribution is -2.08. The van der Waals surface area contributed by atoms with Crippen LogP contribution in [-0.2, 0) is 22.7 Å². The van der Waals surface area contributed by atoms with Gasteiger partial charge in [-0.15, -0.1) is 0 Å². The zero-order valence-corrected chi connectivity index (χ0v) is 21.7. The Morgan fingerprint density at radius 3 is 2.29 bits per heavy atom. The number of aromatic hydroxyl groups is 2. The molecule has 0 aromatic heterocycles. The van der Waals surface area contributed by atoms with E-state index in [4.69, 9.17) is 0 Å². The molecule has 0 radical (unpaired) electrons. The minimum atomic E-state index is -4.19. The third kappa shape index (κ3) is 7.42. The van der Waals surface area contributed by atoms with Gasteiger partial charge in [0, 0.05) is 17.7 Å². The van der Waals surface area contributed by atoms with Crippen molar-refractivity contribution >= 4 is 15.5 Å². The molecule has 0 atom stereocenters. The van der Waals surface area contributed by atoms with Crippen molar-refractivity contribution in [3.05, 3.63) is 74.9 Å². The van der Waals surface area contributed by atoms with E-state index in [1.54, 1.807) is 0 Å². The Kier molecular flexibility index (Phi) is 10.1. The quantitative estimate of drug-likeness (QED) is 0.143. The summed E-state index contributed by atoms with van der Waals surface area (Å²) in [6.45, 7) is 8.05. The van der Waals surface area contributed by atoms with Crippen molar-refractivity contribution in [1.29, 1.82) is 0 Å². The van der Waals surface area contributed by atoms with Gasteiger partial charge in [0.25, 0.3) is 5.69 Å². The van der Waals surface area contributed by atoms with E-state index in [2.05, 4.69) is 6.08 Å². The minimum Gasteiger partial charge on any atom is -0.508 e. The van der Waals surface area contributed by atoms with Gasteiger partial charge < -0.3 is 10.2 Å². The van der Waals surface area contributed by atoms with Crippen LogP contribution in [0.3, 0.4) is 0 Å². The number of nitro benzene ring substituents is 1. The molecule has 0 unspecified atom stereocenters. The van der Waals surface area contributed by atoms with Gasteiger partial charge in [0.15, 0.2) is 0 Å². The second-order valence-corrected chi connectivity index (χ2v) is 10.9. The maximum absolute atomic E-state index is 13.6. The van der Waals surface area contributed by atoms with E-state index in [0.29, 0.717) is 18.4 Å². The van der Waals surface area contributed by atoms with Crippen molar-refractivity contribution in [2.75, 3.05) is 0 Å². The van der Waals surface area contributed by atoms with Crippen LogP contribution in [0.4, 0.5) is 5.69 Å². The number of phenolic OH excluding ortho intramolecular Hbond substituents is 2. The van der Waals surface area contributed by atoms with Crippen molar-refractivity contribution < 1.29 is 23.6 Å². The molecule has 0 spiro atoms. The summed E-state index contributed by atoms with van der Waals surface area (Å²) in [6.07, 6.45) is 8.74. The Labute approximate surface area is 207 Å². The molecule has 0 amide bonds. The smallest absolute Gasteiger partial charge is 0.269 e. The number of phenols is 2. The largest absolute Gasteiger partial charge is 0.508 e. The molecule has 0 aliphatic heterocycles. The maximum Gasteiger partial charge on any atom is 0.269 e. The molecule has 0 heterocycles. The molecule has 0 aliphatic rings. The zero-order chi connectivity index (χ0) is 26.2. The lowest BCUT2D eigenvalue weighted by Gasteiger charge is -2.17.